The lowest BCUT2D eigenvalue weighted by molar-refractivity contribution is -0.146. The number of methoxy groups -OCH3 is 2. The van der Waals surface area contributed by atoms with Crippen LogP contribution in [0, 0.1) is 20.8 Å². The molecule has 0 heterocycles. The third-order valence-electron chi connectivity index (χ3n) is 4.53. The van der Waals surface area contributed by atoms with Gasteiger partial charge in [0.05, 0.1) is 19.6 Å². The summed E-state index contributed by atoms with van der Waals surface area (Å²) in [5, 5.41) is 0. The summed E-state index contributed by atoms with van der Waals surface area (Å²) in [7, 11) is 3.06. The van der Waals surface area contributed by atoms with E-state index in [1.165, 1.54) is 23.8 Å². The number of benzene rings is 2. The first-order valence-electron chi connectivity index (χ1n) is 8.08. The summed E-state index contributed by atoms with van der Waals surface area (Å²) in [6.07, 6.45) is 0. The van der Waals surface area contributed by atoms with Crippen molar-refractivity contribution in [1.29, 1.82) is 0 Å². The van der Waals surface area contributed by atoms with E-state index in [1.807, 2.05) is 32.0 Å². The predicted molar refractivity (Wildman–Crippen MR) is 97.7 cm³/mol. The van der Waals surface area contributed by atoms with Gasteiger partial charge >= 0.3 is 5.97 Å². The molecule has 0 unspecified atom stereocenters. The van der Waals surface area contributed by atoms with E-state index in [2.05, 4.69) is 32.9 Å². The minimum Gasteiger partial charge on any atom is -0.496 e. The highest BCUT2D eigenvalue weighted by atomic mass is 16.5. The van der Waals surface area contributed by atoms with Gasteiger partial charge in [-0.1, -0.05) is 35.9 Å². The van der Waals surface area contributed by atoms with Gasteiger partial charge in [-0.2, -0.15) is 0 Å². The zero-order chi connectivity index (χ0) is 18.1. The summed E-state index contributed by atoms with van der Waals surface area (Å²) in [6.45, 7) is 10.0. The van der Waals surface area contributed by atoms with E-state index in [1.54, 1.807) is 7.11 Å². The number of esters is 1. The van der Waals surface area contributed by atoms with Crippen molar-refractivity contribution in [1.82, 2.24) is 0 Å². The summed E-state index contributed by atoms with van der Waals surface area (Å²) in [6, 6.07) is 10.3. The molecule has 0 saturated carbocycles. The maximum atomic E-state index is 12.3. The second-order valence-electron chi connectivity index (χ2n) is 6.78. The molecule has 24 heavy (non-hydrogen) atoms. The van der Waals surface area contributed by atoms with Crippen LogP contribution in [-0.4, -0.2) is 20.2 Å². The van der Waals surface area contributed by atoms with Gasteiger partial charge in [0.1, 0.15) is 5.75 Å². The number of hydrogen-bond donors (Lipinski definition) is 0. The van der Waals surface area contributed by atoms with Gasteiger partial charge in [-0.25, -0.2) is 0 Å². The van der Waals surface area contributed by atoms with Crippen LogP contribution in [0.25, 0.3) is 11.1 Å². The van der Waals surface area contributed by atoms with E-state index in [4.69, 9.17) is 9.47 Å². The van der Waals surface area contributed by atoms with Crippen LogP contribution in [0.2, 0.25) is 0 Å². The molecule has 0 fully saturated rings. The lowest BCUT2D eigenvalue weighted by atomic mass is 9.81. The highest BCUT2D eigenvalue weighted by Crippen LogP contribution is 2.42. The fourth-order valence-corrected chi connectivity index (χ4v) is 3.42. The second kappa shape index (κ2) is 6.68. The Labute approximate surface area is 144 Å². The normalized spacial score (nSPS) is 11.3. The van der Waals surface area contributed by atoms with Crippen molar-refractivity contribution < 1.29 is 14.3 Å². The molecule has 0 aliphatic rings. The fourth-order valence-electron chi connectivity index (χ4n) is 3.42. The molecule has 2 aromatic rings. The molecule has 128 valence electrons. The van der Waals surface area contributed by atoms with E-state index >= 15 is 0 Å². The Morgan fingerprint density at radius 1 is 1.00 bits per heavy atom. The van der Waals surface area contributed by atoms with E-state index in [9.17, 15) is 4.79 Å². The third-order valence-corrected chi connectivity index (χ3v) is 4.53. The third kappa shape index (κ3) is 3.03. The van der Waals surface area contributed by atoms with Crippen molar-refractivity contribution in [3.05, 3.63) is 52.6 Å². The van der Waals surface area contributed by atoms with Crippen molar-refractivity contribution in [2.24, 2.45) is 0 Å². The summed E-state index contributed by atoms with van der Waals surface area (Å²) < 4.78 is 10.7. The maximum absolute atomic E-state index is 12.3. The standard InChI is InChI=1S/C21H26O3/c1-13-11-14(2)18(15(3)12-13)16-9-8-10-17(19(16)23-6)21(4,5)20(22)24-7/h8-12H,1-7H3. The van der Waals surface area contributed by atoms with Gasteiger partial charge in [-0.15, -0.1) is 0 Å². The summed E-state index contributed by atoms with van der Waals surface area (Å²) in [5.41, 5.74) is 5.81. The van der Waals surface area contributed by atoms with Crippen molar-refractivity contribution >= 4 is 5.97 Å². The van der Waals surface area contributed by atoms with E-state index in [0.29, 0.717) is 0 Å². The Bertz CT molecular complexity index is 750. The van der Waals surface area contributed by atoms with Crippen LogP contribution in [-0.2, 0) is 14.9 Å². The van der Waals surface area contributed by atoms with Crippen LogP contribution in [0.3, 0.4) is 0 Å². The van der Waals surface area contributed by atoms with Crippen molar-refractivity contribution in [2.75, 3.05) is 14.2 Å². The molecule has 0 bridgehead atoms. The quantitative estimate of drug-likeness (QED) is 0.761. The smallest absolute Gasteiger partial charge is 0.315 e. The van der Waals surface area contributed by atoms with Crippen molar-refractivity contribution in [3.8, 4) is 16.9 Å². The predicted octanol–water partition coefficient (Wildman–Crippen LogP) is 4.74. The van der Waals surface area contributed by atoms with Gasteiger partial charge in [0.25, 0.3) is 0 Å². The highest BCUT2D eigenvalue weighted by molar-refractivity contribution is 5.86. The number of aryl methyl sites for hydroxylation is 3. The van der Waals surface area contributed by atoms with Crippen LogP contribution in [0.5, 0.6) is 5.75 Å². The average molecular weight is 326 g/mol. The van der Waals surface area contributed by atoms with Crippen LogP contribution >= 0.6 is 0 Å². The first-order valence-corrected chi connectivity index (χ1v) is 8.08. The molecule has 0 N–H and O–H groups in total. The van der Waals surface area contributed by atoms with Gasteiger partial charge in [0.15, 0.2) is 0 Å². The largest absolute Gasteiger partial charge is 0.496 e. The van der Waals surface area contributed by atoms with E-state index in [0.717, 1.165) is 22.4 Å². The number of rotatable bonds is 4. The van der Waals surface area contributed by atoms with Crippen LogP contribution in [0.1, 0.15) is 36.1 Å². The molecule has 0 aliphatic carbocycles. The topological polar surface area (TPSA) is 35.5 Å². The van der Waals surface area contributed by atoms with Gasteiger partial charge < -0.3 is 9.47 Å². The molecule has 0 atom stereocenters. The Hall–Kier alpha value is -2.29. The number of para-hydroxylation sites is 1. The van der Waals surface area contributed by atoms with Gasteiger partial charge in [0, 0.05) is 11.1 Å². The minimum atomic E-state index is -0.789. The molecular formula is C21H26O3. The number of carbonyl (C=O) groups is 1. The van der Waals surface area contributed by atoms with Crippen LogP contribution in [0.4, 0.5) is 0 Å². The first-order chi connectivity index (χ1) is 11.2. The average Bonchev–Trinajstić information content (AvgIpc) is 2.52. The molecule has 2 rings (SSSR count). The van der Waals surface area contributed by atoms with Gasteiger partial charge in [-0.3, -0.25) is 4.79 Å². The SMILES string of the molecule is COC(=O)C(C)(C)c1cccc(-c2c(C)cc(C)cc2C)c1OC. The van der Waals surface area contributed by atoms with Crippen LogP contribution in [0.15, 0.2) is 30.3 Å². The molecule has 3 nitrogen and oxygen atoms in total. The molecule has 0 radical (unpaired) electrons. The Kier molecular flexibility index (Phi) is 5.02. The molecule has 2 aromatic carbocycles. The maximum Gasteiger partial charge on any atom is 0.315 e. The molecular weight excluding hydrogens is 300 g/mol. The Morgan fingerprint density at radius 3 is 2.08 bits per heavy atom. The monoisotopic (exact) mass is 326 g/mol. The number of carbonyl (C=O) groups excluding carboxylic acids is 1. The molecule has 3 heteroatoms. The Balaban J connectivity index is 2.76. The lowest BCUT2D eigenvalue weighted by Crippen LogP contribution is -2.30. The van der Waals surface area contributed by atoms with E-state index < -0.39 is 5.41 Å². The Morgan fingerprint density at radius 2 is 1.58 bits per heavy atom. The zero-order valence-electron chi connectivity index (χ0n) is 15.6. The van der Waals surface area contributed by atoms with Gasteiger partial charge in [0.2, 0.25) is 0 Å². The summed E-state index contributed by atoms with van der Waals surface area (Å²) >= 11 is 0. The second-order valence-corrected chi connectivity index (χ2v) is 6.78. The number of ether oxygens (including phenoxy) is 2. The van der Waals surface area contributed by atoms with Crippen LogP contribution < -0.4 is 4.74 Å². The first kappa shape index (κ1) is 18.1. The zero-order valence-corrected chi connectivity index (χ0v) is 15.6. The summed E-state index contributed by atoms with van der Waals surface area (Å²) in [5.74, 6) is 0.443. The lowest BCUT2D eigenvalue weighted by Gasteiger charge is -2.26. The molecule has 0 aromatic heterocycles. The molecule has 0 spiro atoms. The molecule has 0 saturated heterocycles. The van der Waals surface area contributed by atoms with Crippen molar-refractivity contribution in [2.45, 2.75) is 40.0 Å². The minimum absolute atomic E-state index is 0.282. The fraction of sp³-hybridized carbons (Fsp3) is 0.381. The molecule has 0 amide bonds. The van der Waals surface area contributed by atoms with Gasteiger partial charge in [-0.05, 0) is 51.3 Å². The molecule has 0 aliphatic heterocycles. The highest BCUT2D eigenvalue weighted by Gasteiger charge is 2.34. The number of hydrogen-bond acceptors (Lipinski definition) is 3. The summed E-state index contributed by atoms with van der Waals surface area (Å²) in [4.78, 5) is 12.3. The van der Waals surface area contributed by atoms with E-state index in [-0.39, 0.29) is 5.97 Å². The van der Waals surface area contributed by atoms with Crippen molar-refractivity contribution in [3.63, 3.8) is 0 Å².